The molecular weight excluding hydrogens is 568 g/mol. The minimum Gasteiger partial charge on any atom is -0.493 e. The van der Waals surface area contributed by atoms with E-state index in [1.165, 1.54) is 21.1 Å². The van der Waals surface area contributed by atoms with E-state index in [-0.39, 0.29) is 29.8 Å². The summed E-state index contributed by atoms with van der Waals surface area (Å²) in [5.74, 6) is -2.25. The van der Waals surface area contributed by atoms with Crippen LogP contribution < -0.4 is 0 Å². The minimum absolute atomic E-state index is 0.0651. The number of hydrogen-bond acceptors (Lipinski definition) is 13. The summed E-state index contributed by atoms with van der Waals surface area (Å²) in [5, 5.41) is 53.0. The molecule has 2 aliphatic heterocycles. The van der Waals surface area contributed by atoms with Gasteiger partial charge in [0.25, 0.3) is 0 Å². The van der Waals surface area contributed by atoms with Gasteiger partial charge in [-0.15, -0.1) is 0 Å². The molecule has 0 aromatic heterocycles. The third-order valence-corrected chi connectivity index (χ3v) is 11.3. The molecule has 0 spiro atoms. The van der Waals surface area contributed by atoms with Crippen LogP contribution >= 0.6 is 0 Å². The Kier molecular flexibility index (Phi) is 8.58. The smallest absolute Gasteiger partial charge is 0.303 e. The molecular formula is C30H46O13. The maximum atomic E-state index is 14.2. The summed E-state index contributed by atoms with van der Waals surface area (Å²) in [6.45, 7) is 8.09. The molecule has 0 unspecified atom stereocenters. The Morgan fingerprint density at radius 1 is 1.07 bits per heavy atom. The first-order valence-electron chi connectivity index (χ1n) is 14.9. The van der Waals surface area contributed by atoms with Crippen LogP contribution in [-0.4, -0.2) is 119 Å². The van der Waals surface area contributed by atoms with Gasteiger partial charge in [0.05, 0.1) is 25.4 Å². The first-order chi connectivity index (χ1) is 20.1. The maximum absolute atomic E-state index is 14.2. The lowest BCUT2D eigenvalue weighted by Gasteiger charge is -2.71. The number of Topliss-reactive ketones (excluding diaryl/α,β-unsaturated/α-hetero) is 1. The summed E-state index contributed by atoms with van der Waals surface area (Å²) in [4.78, 5) is 26.8. The van der Waals surface area contributed by atoms with Crippen LogP contribution in [0.4, 0.5) is 0 Å². The zero-order valence-corrected chi connectivity index (χ0v) is 25.7. The molecule has 2 saturated heterocycles. The van der Waals surface area contributed by atoms with E-state index in [1.807, 2.05) is 20.8 Å². The Labute approximate surface area is 251 Å². The Morgan fingerprint density at radius 3 is 2.33 bits per heavy atom. The van der Waals surface area contributed by atoms with Gasteiger partial charge < -0.3 is 54.0 Å². The normalized spacial score (nSPS) is 52.9. The number of carbonyl (C=O) groups is 2. The van der Waals surface area contributed by atoms with Gasteiger partial charge in [-0.2, -0.15) is 0 Å². The van der Waals surface area contributed by atoms with Gasteiger partial charge in [-0.3, -0.25) is 9.59 Å². The van der Waals surface area contributed by atoms with E-state index >= 15 is 0 Å². The van der Waals surface area contributed by atoms with Crippen molar-refractivity contribution in [1.82, 2.24) is 0 Å². The molecule has 13 heteroatoms. The van der Waals surface area contributed by atoms with Crippen molar-refractivity contribution in [2.45, 2.75) is 108 Å². The van der Waals surface area contributed by atoms with Crippen molar-refractivity contribution in [2.24, 2.45) is 34.5 Å². The second-order valence-electron chi connectivity index (χ2n) is 13.5. The number of allylic oxidation sites excluding steroid dienone is 2. The molecule has 0 radical (unpaired) electrons. The van der Waals surface area contributed by atoms with Gasteiger partial charge in [-0.1, -0.05) is 20.8 Å². The molecule has 4 fully saturated rings. The number of aliphatic hydroxyl groups is 5. The molecule has 0 amide bonds. The van der Waals surface area contributed by atoms with Crippen LogP contribution in [0.2, 0.25) is 0 Å². The number of aliphatic hydroxyl groups excluding tert-OH is 4. The summed E-state index contributed by atoms with van der Waals surface area (Å²) >= 11 is 0. The number of carbonyl (C=O) groups excluding carboxylic acids is 2. The van der Waals surface area contributed by atoms with Crippen molar-refractivity contribution >= 4 is 11.8 Å². The fourth-order valence-corrected chi connectivity index (χ4v) is 9.44. The van der Waals surface area contributed by atoms with Crippen LogP contribution in [0.25, 0.3) is 0 Å². The van der Waals surface area contributed by atoms with E-state index in [9.17, 15) is 35.1 Å². The first-order valence-corrected chi connectivity index (χ1v) is 14.9. The second kappa shape index (κ2) is 11.3. The largest absolute Gasteiger partial charge is 0.493 e. The molecule has 3 aliphatic carbocycles. The summed E-state index contributed by atoms with van der Waals surface area (Å²) < 4.78 is 35.6. The van der Waals surface area contributed by atoms with Crippen LogP contribution in [0.1, 0.15) is 47.5 Å². The topological polar surface area (TPSA) is 191 Å². The monoisotopic (exact) mass is 614 g/mol. The zero-order valence-electron chi connectivity index (χ0n) is 25.7. The van der Waals surface area contributed by atoms with E-state index < -0.39 is 96.2 Å². The summed E-state index contributed by atoms with van der Waals surface area (Å²) in [7, 11) is 2.87. The second-order valence-corrected chi connectivity index (χ2v) is 13.5. The van der Waals surface area contributed by atoms with E-state index in [4.69, 9.17) is 28.4 Å². The molecule has 43 heavy (non-hydrogen) atoms. The molecule has 0 aromatic rings. The number of esters is 1. The van der Waals surface area contributed by atoms with E-state index in [1.54, 1.807) is 13.0 Å². The van der Waals surface area contributed by atoms with Crippen molar-refractivity contribution in [3.8, 4) is 0 Å². The predicted octanol–water partition coefficient (Wildman–Crippen LogP) is -0.357. The third kappa shape index (κ3) is 4.69. The number of methoxy groups -OCH3 is 2. The Hall–Kier alpha value is -1.68. The molecule has 0 aromatic carbocycles. The van der Waals surface area contributed by atoms with E-state index in [0.29, 0.717) is 6.42 Å². The van der Waals surface area contributed by atoms with Crippen LogP contribution in [0.3, 0.4) is 0 Å². The predicted molar refractivity (Wildman–Crippen MR) is 146 cm³/mol. The lowest BCUT2D eigenvalue weighted by Crippen LogP contribution is -2.78. The van der Waals surface area contributed by atoms with Gasteiger partial charge in [-0.05, 0) is 31.3 Å². The van der Waals surface area contributed by atoms with Gasteiger partial charge >= 0.3 is 5.97 Å². The van der Waals surface area contributed by atoms with Gasteiger partial charge in [0, 0.05) is 43.1 Å². The first kappa shape index (κ1) is 32.7. The Bertz CT molecular complexity index is 1120. The maximum Gasteiger partial charge on any atom is 0.303 e. The zero-order chi connectivity index (χ0) is 31.8. The van der Waals surface area contributed by atoms with Gasteiger partial charge in [0.2, 0.25) is 5.78 Å². The van der Waals surface area contributed by atoms with Crippen molar-refractivity contribution in [3.63, 3.8) is 0 Å². The SMILES string of the molecule is COC1=C[C@@H](C)[C@@H]2C[C@H]3O[C@@H](O[C@@H]4O[C@H](CO)[C@@H](O)[C@H](O)[C@H]4O)C[C@H]4[C@](C)(O)[C@H](OC)[C@@H](OC(C)=O)[C@H]([C@@]2(C)C1=O)[C@@]34C. The van der Waals surface area contributed by atoms with Crippen LogP contribution in [0, 0.1) is 34.5 Å². The summed E-state index contributed by atoms with van der Waals surface area (Å²) in [6, 6.07) is 0. The highest BCUT2D eigenvalue weighted by atomic mass is 16.8. The van der Waals surface area contributed by atoms with Gasteiger partial charge in [0.1, 0.15) is 36.6 Å². The molecule has 16 atom stereocenters. The average molecular weight is 615 g/mol. The molecule has 5 N–H and O–H groups in total. The number of ketones is 1. The van der Waals surface area contributed by atoms with Crippen molar-refractivity contribution in [2.75, 3.05) is 20.8 Å². The van der Waals surface area contributed by atoms with E-state index in [0.717, 1.165) is 0 Å². The molecule has 5 rings (SSSR count). The number of fused-ring (bicyclic) bond motifs is 2. The van der Waals surface area contributed by atoms with Gasteiger partial charge in [0.15, 0.2) is 18.3 Å². The van der Waals surface area contributed by atoms with Crippen LogP contribution in [-0.2, 0) is 38.0 Å². The van der Waals surface area contributed by atoms with Crippen LogP contribution in [0.15, 0.2) is 11.8 Å². The molecule has 2 heterocycles. The fourth-order valence-electron chi connectivity index (χ4n) is 9.44. The van der Waals surface area contributed by atoms with E-state index in [2.05, 4.69) is 0 Å². The van der Waals surface area contributed by atoms with Crippen molar-refractivity contribution < 1.29 is 63.5 Å². The fraction of sp³-hybridized carbons (Fsp3) is 0.867. The lowest BCUT2D eigenvalue weighted by atomic mass is 9.37. The lowest BCUT2D eigenvalue weighted by molar-refractivity contribution is -0.392. The standard InChI is InChI=1S/C30H46O13/c1-12-8-15(38-6)25(36)28(3)14(12)9-18-29(4)17(30(5,37)26(39-7)23(24(28)29)40-13(2)32)10-19(42-18)43-27-22(35)21(34)20(33)16(11-31)41-27/h8,12,14,16-24,26-27,31,33-35,37H,9-11H2,1-7H3/t12-,14+,16-,17-,18-,19+,20-,21+,22-,23+,24-,26-,27+,28+,29-,30+/m1/s1. The highest BCUT2D eigenvalue weighted by Gasteiger charge is 2.76. The minimum atomic E-state index is -1.64. The third-order valence-electron chi connectivity index (χ3n) is 11.3. The highest BCUT2D eigenvalue weighted by molar-refractivity contribution is 5.99. The van der Waals surface area contributed by atoms with Crippen LogP contribution in [0.5, 0.6) is 0 Å². The van der Waals surface area contributed by atoms with Crippen molar-refractivity contribution in [3.05, 3.63) is 11.8 Å². The molecule has 2 saturated carbocycles. The number of rotatable bonds is 6. The quantitative estimate of drug-likeness (QED) is 0.244. The molecule has 244 valence electrons. The summed E-state index contributed by atoms with van der Waals surface area (Å²) in [6.07, 6.45) is -8.89. The molecule has 0 bridgehead atoms. The number of ether oxygens (including phenoxy) is 6. The number of hydrogen-bond donors (Lipinski definition) is 5. The molecule has 5 aliphatic rings. The summed E-state index contributed by atoms with van der Waals surface area (Å²) in [5.41, 5.74) is -3.62. The van der Waals surface area contributed by atoms with Gasteiger partial charge in [-0.25, -0.2) is 0 Å². The molecule has 13 nitrogen and oxygen atoms in total. The Morgan fingerprint density at radius 2 is 1.74 bits per heavy atom. The average Bonchev–Trinajstić information content (AvgIpc) is 2.93. The van der Waals surface area contributed by atoms with Crippen molar-refractivity contribution in [1.29, 1.82) is 0 Å². The Balaban J connectivity index is 1.60. The highest BCUT2D eigenvalue weighted by Crippen LogP contribution is 2.70.